The minimum Gasteiger partial charge on any atom is -0.508 e. The molecule has 0 aliphatic rings. The first-order valence-electron chi connectivity index (χ1n) is 10.0. The summed E-state index contributed by atoms with van der Waals surface area (Å²) in [6, 6.07) is 5.87. The number of carbonyl (C=O) groups is 2. The number of phenolic OH excluding ortho intramolecular Hbond substituents is 2. The number of carboxylic acid groups (broad SMARTS) is 2. The summed E-state index contributed by atoms with van der Waals surface area (Å²) >= 11 is 0. The van der Waals surface area contributed by atoms with Gasteiger partial charge in [-0.25, -0.2) is 0 Å². The molecule has 0 aliphatic carbocycles. The molecule has 2 aromatic carbocycles. The zero-order chi connectivity index (χ0) is 27.3. The lowest BCUT2D eigenvalue weighted by Crippen LogP contribution is -2.39. The Balaban J connectivity index is 2.27. The topological polar surface area (TPSA) is 230 Å². The monoisotopic (exact) mass is 548 g/mol. The van der Waals surface area contributed by atoms with Gasteiger partial charge < -0.3 is 20.4 Å². The van der Waals surface area contributed by atoms with E-state index in [1.165, 1.54) is 9.80 Å². The lowest BCUT2D eigenvalue weighted by Gasteiger charge is -2.26. The lowest BCUT2D eigenvalue weighted by molar-refractivity contribution is -0.140. The Morgan fingerprint density at radius 1 is 0.667 bits per heavy atom. The van der Waals surface area contributed by atoms with Crippen molar-refractivity contribution in [3.8, 4) is 11.5 Å². The maximum atomic E-state index is 11.4. The van der Waals surface area contributed by atoms with E-state index >= 15 is 0 Å². The molecule has 0 unspecified atom stereocenters. The van der Waals surface area contributed by atoms with Gasteiger partial charge in [0, 0.05) is 37.3 Å². The molecule has 0 atom stereocenters. The van der Waals surface area contributed by atoms with Crippen LogP contribution in [-0.2, 0) is 42.9 Å². The van der Waals surface area contributed by atoms with Crippen molar-refractivity contribution in [3.05, 3.63) is 47.5 Å². The van der Waals surface area contributed by atoms with Gasteiger partial charge in [0.15, 0.2) is 0 Å². The molecule has 0 fully saturated rings. The summed E-state index contributed by atoms with van der Waals surface area (Å²) in [7, 11) is -9.19. The van der Waals surface area contributed by atoms with Gasteiger partial charge in [0.2, 0.25) is 0 Å². The molecule has 2 rings (SSSR count). The number of benzene rings is 2. The summed E-state index contributed by atoms with van der Waals surface area (Å²) in [6.07, 6.45) is 0. The van der Waals surface area contributed by atoms with E-state index < -0.39 is 55.1 Å². The van der Waals surface area contributed by atoms with Crippen molar-refractivity contribution in [2.24, 2.45) is 0 Å². The summed E-state index contributed by atoms with van der Waals surface area (Å²) in [5.74, 6) is -3.29. The first-order valence-corrected chi connectivity index (χ1v) is 12.9. The quantitative estimate of drug-likeness (QED) is 0.182. The highest BCUT2D eigenvalue weighted by molar-refractivity contribution is 7.86. The third-order valence-corrected chi connectivity index (χ3v) is 6.64. The summed E-state index contributed by atoms with van der Waals surface area (Å²) in [5, 5.41) is 38.6. The van der Waals surface area contributed by atoms with E-state index in [9.17, 15) is 56.0 Å². The summed E-state index contributed by atoms with van der Waals surface area (Å²) < 4.78 is 64.0. The fourth-order valence-corrected chi connectivity index (χ4v) is 4.34. The van der Waals surface area contributed by atoms with Crippen molar-refractivity contribution in [1.29, 1.82) is 0 Å². The van der Waals surface area contributed by atoms with Crippen LogP contribution in [0.1, 0.15) is 11.1 Å². The number of aromatic hydroxyl groups is 2. The largest absolute Gasteiger partial charge is 0.508 e. The van der Waals surface area contributed by atoms with Crippen LogP contribution in [0.5, 0.6) is 11.5 Å². The molecule has 0 amide bonds. The Labute approximate surface area is 206 Å². The summed E-state index contributed by atoms with van der Waals surface area (Å²) in [6.45, 7) is -1.97. The normalized spacial score (nSPS) is 12.2. The highest BCUT2D eigenvalue weighted by Gasteiger charge is 2.20. The third kappa shape index (κ3) is 8.74. The highest BCUT2D eigenvalue weighted by Crippen LogP contribution is 2.24. The van der Waals surface area contributed by atoms with Crippen LogP contribution in [0.15, 0.2) is 46.2 Å². The van der Waals surface area contributed by atoms with Crippen LogP contribution in [0.3, 0.4) is 0 Å². The number of nitrogens with zero attached hydrogens (tertiary/aromatic N) is 2. The molecule has 198 valence electrons. The second-order valence-electron chi connectivity index (χ2n) is 7.74. The van der Waals surface area contributed by atoms with Gasteiger partial charge in [-0.3, -0.25) is 28.5 Å². The maximum Gasteiger partial charge on any atom is 0.317 e. The Morgan fingerprint density at radius 2 is 1.00 bits per heavy atom. The molecule has 0 aliphatic heterocycles. The summed E-state index contributed by atoms with van der Waals surface area (Å²) in [4.78, 5) is 24.2. The third-order valence-electron chi connectivity index (χ3n) is 4.94. The standard InChI is InChI=1S/C20H24N2O12S2/c23-17-3-1-15(35(29,30)31)7-13(17)9-21(11-19(25)26)5-6-22(12-20(27)28)10-14-8-16(36(32,33)34)2-4-18(14)24/h1-4,7-8,23-24H,5-6,9-12H2,(H,25,26)(H,27,28)(H,29,30,31)(H,32,33,34). The number of phenols is 2. The predicted molar refractivity (Wildman–Crippen MR) is 122 cm³/mol. The molecule has 6 N–H and O–H groups in total. The number of hydrogen-bond donors (Lipinski definition) is 6. The highest BCUT2D eigenvalue weighted by atomic mass is 32.2. The first kappa shape index (κ1) is 29.0. The van der Waals surface area contributed by atoms with Crippen LogP contribution >= 0.6 is 0 Å². The van der Waals surface area contributed by atoms with Crippen molar-refractivity contribution >= 4 is 32.2 Å². The Bertz CT molecular complexity index is 1240. The Morgan fingerprint density at radius 3 is 1.28 bits per heavy atom. The predicted octanol–water partition coefficient (Wildman–Crippen LogP) is 0.0646. The minimum atomic E-state index is -4.60. The zero-order valence-corrected chi connectivity index (χ0v) is 20.2. The van der Waals surface area contributed by atoms with Crippen LogP contribution < -0.4 is 0 Å². The Hall–Kier alpha value is -3.28. The molecule has 0 aromatic heterocycles. The van der Waals surface area contributed by atoms with Gasteiger partial charge in [0.1, 0.15) is 11.5 Å². The van der Waals surface area contributed by atoms with E-state index in [0.717, 1.165) is 36.4 Å². The second-order valence-corrected chi connectivity index (χ2v) is 10.6. The zero-order valence-electron chi connectivity index (χ0n) is 18.6. The van der Waals surface area contributed by atoms with Crippen LogP contribution in [0.25, 0.3) is 0 Å². The fourth-order valence-electron chi connectivity index (χ4n) is 3.27. The molecular formula is C20H24N2O12S2. The molecule has 0 saturated carbocycles. The van der Waals surface area contributed by atoms with Crippen molar-refractivity contribution in [2.45, 2.75) is 22.9 Å². The van der Waals surface area contributed by atoms with E-state index in [4.69, 9.17) is 0 Å². The Kier molecular flexibility index (Phi) is 9.36. The molecule has 0 heterocycles. The van der Waals surface area contributed by atoms with Gasteiger partial charge in [0.25, 0.3) is 20.2 Å². The molecule has 0 bridgehead atoms. The van der Waals surface area contributed by atoms with E-state index in [0.29, 0.717) is 0 Å². The van der Waals surface area contributed by atoms with Crippen LogP contribution in [-0.4, -0.2) is 94.3 Å². The SMILES string of the molecule is O=C(O)CN(CCN(CC(=O)O)Cc1cc(S(=O)(=O)O)ccc1O)Cc1cc(S(=O)(=O)O)ccc1O. The van der Waals surface area contributed by atoms with E-state index in [1.54, 1.807) is 0 Å². The van der Waals surface area contributed by atoms with Crippen molar-refractivity contribution in [2.75, 3.05) is 26.2 Å². The van der Waals surface area contributed by atoms with E-state index in [2.05, 4.69) is 0 Å². The van der Waals surface area contributed by atoms with Gasteiger partial charge in [-0.2, -0.15) is 16.8 Å². The van der Waals surface area contributed by atoms with Crippen LogP contribution in [0, 0.1) is 0 Å². The number of rotatable bonds is 13. The van der Waals surface area contributed by atoms with Gasteiger partial charge in [0.05, 0.1) is 22.9 Å². The van der Waals surface area contributed by atoms with E-state index in [-0.39, 0.29) is 48.8 Å². The molecule has 16 heteroatoms. The van der Waals surface area contributed by atoms with Gasteiger partial charge >= 0.3 is 11.9 Å². The molecule has 0 spiro atoms. The summed E-state index contributed by atoms with van der Waals surface area (Å²) in [5.41, 5.74) is -0.0377. The smallest absolute Gasteiger partial charge is 0.317 e. The number of carboxylic acids is 2. The van der Waals surface area contributed by atoms with Crippen molar-refractivity contribution in [1.82, 2.24) is 9.80 Å². The molecule has 0 saturated heterocycles. The van der Waals surface area contributed by atoms with Gasteiger partial charge in [-0.1, -0.05) is 0 Å². The first-order chi connectivity index (χ1) is 16.6. The number of aliphatic carboxylic acids is 2. The lowest BCUT2D eigenvalue weighted by atomic mass is 10.1. The molecule has 0 radical (unpaired) electrons. The van der Waals surface area contributed by atoms with E-state index in [1.807, 2.05) is 0 Å². The maximum absolute atomic E-state index is 11.4. The minimum absolute atomic E-state index is 0.0188. The molecule has 14 nitrogen and oxygen atoms in total. The fraction of sp³-hybridized carbons (Fsp3) is 0.300. The molecule has 36 heavy (non-hydrogen) atoms. The van der Waals surface area contributed by atoms with Gasteiger partial charge in [-0.05, 0) is 36.4 Å². The average molecular weight is 549 g/mol. The molecule has 2 aromatic rings. The molecular weight excluding hydrogens is 524 g/mol. The van der Waals surface area contributed by atoms with Gasteiger partial charge in [-0.15, -0.1) is 0 Å². The number of hydrogen-bond acceptors (Lipinski definition) is 10. The average Bonchev–Trinajstić information content (AvgIpc) is 2.72. The van der Waals surface area contributed by atoms with Crippen molar-refractivity contribution in [3.63, 3.8) is 0 Å². The second kappa shape index (κ2) is 11.6. The van der Waals surface area contributed by atoms with Crippen LogP contribution in [0.4, 0.5) is 0 Å². The van der Waals surface area contributed by atoms with Crippen LogP contribution in [0.2, 0.25) is 0 Å². The van der Waals surface area contributed by atoms with Crippen molar-refractivity contribution < 1.29 is 56.0 Å².